The minimum atomic E-state index is -0.907. The Kier molecular flexibility index (Phi) is 5.33. The molecule has 2 heterocycles. The number of hydroxylamine groups is 1. The summed E-state index contributed by atoms with van der Waals surface area (Å²) in [7, 11) is 0. The first-order valence-electron chi connectivity index (χ1n) is 10.5. The number of anilines is 2. The fourth-order valence-electron chi connectivity index (χ4n) is 4.32. The molecule has 0 N–H and O–H groups in total. The molecule has 2 amide bonds. The SMILES string of the molecule is CCOc1ccc(C2C3C(=O)N(c4ccc(Cl)cc4)C(=O)C3ON2c2ccccc2)cc1. The van der Waals surface area contributed by atoms with Gasteiger partial charge in [-0.05, 0) is 61.0 Å². The number of fused-ring (bicyclic) bond motifs is 1. The largest absolute Gasteiger partial charge is 0.494 e. The molecule has 3 aromatic rings. The Hall–Kier alpha value is -3.35. The lowest BCUT2D eigenvalue weighted by Gasteiger charge is -2.28. The Morgan fingerprint density at radius 2 is 1.56 bits per heavy atom. The molecule has 2 saturated heterocycles. The van der Waals surface area contributed by atoms with Crippen molar-refractivity contribution in [2.75, 3.05) is 16.6 Å². The zero-order valence-corrected chi connectivity index (χ0v) is 18.1. The van der Waals surface area contributed by atoms with Crippen LogP contribution in [0.2, 0.25) is 5.02 Å². The van der Waals surface area contributed by atoms with Crippen LogP contribution in [0.1, 0.15) is 18.5 Å². The van der Waals surface area contributed by atoms with E-state index in [0.29, 0.717) is 17.3 Å². The average Bonchev–Trinajstić information content (AvgIpc) is 3.32. The third-order valence-corrected chi connectivity index (χ3v) is 6.00. The number of para-hydroxylation sites is 1. The van der Waals surface area contributed by atoms with E-state index < -0.39 is 18.1 Å². The zero-order valence-electron chi connectivity index (χ0n) is 17.4. The van der Waals surface area contributed by atoms with Gasteiger partial charge < -0.3 is 4.74 Å². The van der Waals surface area contributed by atoms with Crippen molar-refractivity contribution in [3.8, 4) is 5.75 Å². The van der Waals surface area contributed by atoms with Crippen LogP contribution in [0, 0.1) is 5.92 Å². The van der Waals surface area contributed by atoms with E-state index in [1.165, 1.54) is 4.90 Å². The molecule has 0 bridgehead atoms. The van der Waals surface area contributed by atoms with Gasteiger partial charge in [0.05, 0.1) is 24.0 Å². The van der Waals surface area contributed by atoms with Gasteiger partial charge in [0.2, 0.25) is 5.91 Å². The van der Waals surface area contributed by atoms with Crippen molar-refractivity contribution in [1.29, 1.82) is 0 Å². The van der Waals surface area contributed by atoms with E-state index in [9.17, 15) is 9.59 Å². The molecule has 7 heteroatoms. The van der Waals surface area contributed by atoms with Gasteiger partial charge in [-0.25, -0.2) is 9.96 Å². The summed E-state index contributed by atoms with van der Waals surface area (Å²) in [6, 6.07) is 23.2. The highest BCUT2D eigenvalue weighted by Gasteiger charge is 2.60. The number of hydrogen-bond donors (Lipinski definition) is 0. The second kappa shape index (κ2) is 8.30. The van der Waals surface area contributed by atoms with Crippen LogP contribution in [0.15, 0.2) is 78.9 Å². The van der Waals surface area contributed by atoms with Gasteiger partial charge in [-0.3, -0.25) is 14.4 Å². The molecule has 2 fully saturated rings. The summed E-state index contributed by atoms with van der Waals surface area (Å²) in [5.74, 6) is -0.609. The molecule has 0 radical (unpaired) electrons. The Morgan fingerprint density at radius 1 is 0.875 bits per heavy atom. The summed E-state index contributed by atoms with van der Waals surface area (Å²) in [5, 5.41) is 2.21. The van der Waals surface area contributed by atoms with Crippen LogP contribution >= 0.6 is 11.6 Å². The van der Waals surface area contributed by atoms with Crippen molar-refractivity contribution < 1.29 is 19.2 Å². The normalized spacial score (nSPS) is 22.4. The second-order valence-corrected chi connectivity index (χ2v) is 8.08. The number of hydrogen-bond acceptors (Lipinski definition) is 5. The third-order valence-electron chi connectivity index (χ3n) is 5.74. The van der Waals surface area contributed by atoms with Gasteiger partial charge in [0, 0.05) is 5.02 Å². The van der Waals surface area contributed by atoms with Gasteiger partial charge in [0.1, 0.15) is 11.7 Å². The van der Waals surface area contributed by atoms with Gasteiger partial charge in [0.15, 0.2) is 6.10 Å². The second-order valence-electron chi connectivity index (χ2n) is 7.65. The van der Waals surface area contributed by atoms with E-state index >= 15 is 0 Å². The zero-order chi connectivity index (χ0) is 22.2. The number of nitrogens with zero attached hydrogens (tertiary/aromatic N) is 2. The molecule has 6 nitrogen and oxygen atoms in total. The van der Waals surface area contributed by atoms with Gasteiger partial charge in [-0.1, -0.05) is 41.9 Å². The Labute approximate surface area is 190 Å². The number of halogens is 1. The molecular weight excluding hydrogens is 428 g/mol. The van der Waals surface area contributed by atoms with Gasteiger partial charge in [0.25, 0.3) is 5.91 Å². The van der Waals surface area contributed by atoms with Crippen molar-refractivity contribution >= 4 is 34.8 Å². The lowest BCUT2D eigenvalue weighted by atomic mass is 9.90. The van der Waals surface area contributed by atoms with Crippen molar-refractivity contribution in [1.82, 2.24) is 0 Å². The molecule has 3 atom stereocenters. The van der Waals surface area contributed by atoms with Crippen LogP contribution in [0.4, 0.5) is 11.4 Å². The number of amides is 2. The van der Waals surface area contributed by atoms with Gasteiger partial charge >= 0.3 is 0 Å². The summed E-state index contributed by atoms with van der Waals surface area (Å²) in [6.45, 7) is 2.49. The van der Waals surface area contributed by atoms with Crippen molar-refractivity contribution in [3.05, 3.63) is 89.4 Å². The van der Waals surface area contributed by atoms with Crippen molar-refractivity contribution in [3.63, 3.8) is 0 Å². The smallest absolute Gasteiger partial charge is 0.266 e. The standard InChI is InChI=1S/C25H21ClN2O4/c1-2-31-20-14-8-16(9-15-20)22-21-23(32-28(22)19-6-4-3-5-7-19)25(30)27(24(21)29)18-12-10-17(26)11-13-18/h3-15,21-23H,2H2,1H3. The molecule has 2 aliphatic rings. The van der Waals surface area contributed by atoms with E-state index in [1.807, 2.05) is 61.5 Å². The van der Waals surface area contributed by atoms with Crippen LogP contribution in [0.5, 0.6) is 5.75 Å². The molecule has 3 aromatic carbocycles. The number of imide groups is 1. The van der Waals surface area contributed by atoms with Gasteiger partial charge in [-0.2, -0.15) is 0 Å². The highest BCUT2D eigenvalue weighted by atomic mass is 35.5. The molecule has 2 aliphatic heterocycles. The molecule has 0 saturated carbocycles. The first-order chi connectivity index (χ1) is 15.6. The van der Waals surface area contributed by atoms with E-state index in [-0.39, 0.29) is 11.8 Å². The fraction of sp³-hybridized carbons (Fsp3) is 0.200. The first kappa shape index (κ1) is 20.5. The summed E-state index contributed by atoms with van der Waals surface area (Å²) in [4.78, 5) is 34.2. The van der Waals surface area contributed by atoms with Gasteiger partial charge in [-0.15, -0.1) is 0 Å². The van der Waals surface area contributed by atoms with E-state index in [0.717, 1.165) is 17.0 Å². The van der Waals surface area contributed by atoms with Crippen LogP contribution in [0.25, 0.3) is 0 Å². The number of carbonyl (C=O) groups excluding carboxylic acids is 2. The van der Waals surface area contributed by atoms with Crippen molar-refractivity contribution in [2.24, 2.45) is 5.92 Å². The molecule has 162 valence electrons. The van der Waals surface area contributed by atoms with E-state index in [2.05, 4.69) is 0 Å². The number of benzene rings is 3. The van der Waals surface area contributed by atoms with Crippen LogP contribution < -0.4 is 14.7 Å². The molecular formula is C25H21ClN2O4. The first-order valence-corrected chi connectivity index (χ1v) is 10.8. The predicted molar refractivity (Wildman–Crippen MR) is 122 cm³/mol. The number of carbonyl (C=O) groups is 2. The summed E-state index contributed by atoms with van der Waals surface area (Å²) in [6.07, 6.45) is -0.907. The highest BCUT2D eigenvalue weighted by Crippen LogP contribution is 2.47. The van der Waals surface area contributed by atoms with Crippen molar-refractivity contribution in [2.45, 2.75) is 19.1 Å². The maximum absolute atomic E-state index is 13.6. The fourth-order valence-corrected chi connectivity index (χ4v) is 4.45. The molecule has 5 rings (SSSR count). The monoisotopic (exact) mass is 448 g/mol. The molecule has 0 aromatic heterocycles. The van der Waals surface area contributed by atoms with Crippen LogP contribution in [-0.4, -0.2) is 24.5 Å². The number of ether oxygens (including phenoxy) is 1. The predicted octanol–water partition coefficient (Wildman–Crippen LogP) is 4.79. The molecule has 32 heavy (non-hydrogen) atoms. The summed E-state index contributed by atoms with van der Waals surface area (Å²) in [5.41, 5.74) is 2.13. The van der Waals surface area contributed by atoms with Crippen LogP contribution in [-0.2, 0) is 14.4 Å². The minimum Gasteiger partial charge on any atom is -0.494 e. The summed E-state index contributed by atoms with van der Waals surface area (Å²) < 4.78 is 5.56. The maximum Gasteiger partial charge on any atom is 0.266 e. The van der Waals surface area contributed by atoms with E-state index in [4.69, 9.17) is 21.2 Å². The lowest BCUT2D eigenvalue weighted by molar-refractivity contribution is -0.126. The quantitative estimate of drug-likeness (QED) is 0.525. The molecule has 0 aliphatic carbocycles. The highest BCUT2D eigenvalue weighted by molar-refractivity contribution is 6.31. The number of rotatable bonds is 5. The average molecular weight is 449 g/mol. The Morgan fingerprint density at radius 3 is 2.22 bits per heavy atom. The maximum atomic E-state index is 13.6. The Bertz CT molecular complexity index is 1130. The van der Waals surface area contributed by atoms with Crippen LogP contribution in [0.3, 0.4) is 0 Å². The third kappa shape index (κ3) is 3.42. The summed E-state index contributed by atoms with van der Waals surface area (Å²) >= 11 is 5.98. The van der Waals surface area contributed by atoms with E-state index in [1.54, 1.807) is 29.3 Å². The minimum absolute atomic E-state index is 0.292. The Balaban J connectivity index is 1.55. The molecule has 3 unspecified atom stereocenters. The molecule has 0 spiro atoms. The topological polar surface area (TPSA) is 59.1 Å². The lowest BCUT2D eigenvalue weighted by Crippen LogP contribution is -2.37.